The second-order valence-electron chi connectivity index (χ2n) is 22.0. The molecule has 3 amide bonds. The summed E-state index contributed by atoms with van der Waals surface area (Å²) in [7, 11) is 1.54. The van der Waals surface area contributed by atoms with E-state index in [1.807, 2.05) is 11.8 Å². The van der Waals surface area contributed by atoms with Crippen LogP contribution in [-0.4, -0.2) is 67.2 Å². The minimum Gasteiger partial charge on any atom is -0.460 e. The molecule has 318 valence electrons. The van der Waals surface area contributed by atoms with Crippen molar-refractivity contribution in [2.24, 2.45) is 56.2 Å². The van der Waals surface area contributed by atoms with Gasteiger partial charge in [-0.1, -0.05) is 61.8 Å². The average Bonchev–Trinajstić information content (AvgIpc) is 3.51. The molecule has 5 aliphatic carbocycles. The Morgan fingerprint density at radius 3 is 2.12 bits per heavy atom. The first-order chi connectivity index (χ1) is 26.2. The van der Waals surface area contributed by atoms with Crippen LogP contribution in [0.5, 0.6) is 0 Å². The number of alkyl carbamates (subject to hydrolysis) is 1. The van der Waals surface area contributed by atoms with Crippen LogP contribution in [0, 0.1) is 56.2 Å². The molecule has 0 spiro atoms. The number of carbonyl (C=O) groups excluding carboxylic acids is 4. The van der Waals surface area contributed by atoms with Crippen molar-refractivity contribution in [2.45, 2.75) is 196 Å². The van der Waals surface area contributed by atoms with E-state index in [9.17, 15) is 19.2 Å². The summed E-state index contributed by atoms with van der Waals surface area (Å²) >= 11 is 0. The SMILES string of the molecule is CNC(=O)CCC(=O)O[C@@H]1C[C@@H](C)N(C(=O)CCCCCNC(=O)O[C@H]2CC[C@@H]3[C@](C)(CC[C@H]4[C@@]3(C)CC[C@@]3(C)[C@@H]5CC(C)(C)CC[C@]5(C)CC[C@]43C)[C@H]2C)C1. The molecule has 56 heavy (non-hydrogen) atoms. The fraction of sp³-hybridized carbons (Fsp3) is 0.915. The number of hydrogen-bond acceptors (Lipinski definition) is 6. The quantitative estimate of drug-likeness (QED) is 0.160. The summed E-state index contributed by atoms with van der Waals surface area (Å²) in [6.45, 7) is 23.7. The number of fused-ring (bicyclic) bond motifs is 7. The highest BCUT2D eigenvalue weighted by molar-refractivity contribution is 5.81. The zero-order valence-corrected chi connectivity index (χ0v) is 37.1. The van der Waals surface area contributed by atoms with Gasteiger partial charge in [-0.25, -0.2) is 4.79 Å². The van der Waals surface area contributed by atoms with E-state index in [0.29, 0.717) is 64.8 Å². The normalized spacial score (nSPS) is 42.6. The van der Waals surface area contributed by atoms with Gasteiger partial charge in [0.1, 0.15) is 12.2 Å². The van der Waals surface area contributed by atoms with E-state index in [0.717, 1.165) is 43.9 Å². The van der Waals surface area contributed by atoms with Gasteiger partial charge in [-0.3, -0.25) is 14.4 Å². The van der Waals surface area contributed by atoms with Crippen molar-refractivity contribution >= 4 is 23.9 Å². The number of nitrogens with one attached hydrogen (secondary N) is 2. The molecule has 6 aliphatic rings. The van der Waals surface area contributed by atoms with Crippen LogP contribution in [0.25, 0.3) is 0 Å². The van der Waals surface area contributed by atoms with Gasteiger partial charge in [0.05, 0.1) is 13.0 Å². The molecular formula is C47H79N3O6. The number of hydrogen-bond donors (Lipinski definition) is 2. The molecule has 0 unspecified atom stereocenters. The molecule has 0 aromatic carbocycles. The molecule has 0 bridgehead atoms. The molecule has 6 fully saturated rings. The molecule has 2 N–H and O–H groups in total. The number of esters is 1. The monoisotopic (exact) mass is 782 g/mol. The Balaban J connectivity index is 0.941. The molecule has 5 saturated carbocycles. The Hall–Kier alpha value is -2.32. The Labute approximate surface area is 339 Å². The highest BCUT2D eigenvalue weighted by Gasteiger charge is 2.71. The lowest BCUT2D eigenvalue weighted by Crippen LogP contribution is -2.68. The predicted octanol–water partition coefficient (Wildman–Crippen LogP) is 9.60. The number of carbonyl (C=O) groups is 4. The summed E-state index contributed by atoms with van der Waals surface area (Å²) in [6.07, 6.45) is 17.2. The van der Waals surface area contributed by atoms with Crippen LogP contribution in [0.15, 0.2) is 0 Å². The predicted molar refractivity (Wildman–Crippen MR) is 220 cm³/mol. The minimum atomic E-state index is -0.403. The van der Waals surface area contributed by atoms with Gasteiger partial charge in [0.25, 0.3) is 0 Å². The maximum Gasteiger partial charge on any atom is 0.407 e. The van der Waals surface area contributed by atoms with Crippen LogP contribution in [0.3, 0.4) is 0 Å². The molecule has 1 aliphatic heterocycles. The molecule has 1 saturated heterocycles. The fourth-order valence-corrected chi connectivity index (χ4v) is 14.6. The van der Waals surface area contributed by atoms with Gasteiger partial charge in [0.2, 0.25) is 11.8 Å². The van der Waals surface area contributed by atoms with Gasteiger partial charge in [0.15, 0.2) is 0 Å². The largest absolute Gasteiger partial charge is 0.460 e. The lowest BCUT2D eigenvalue weighted by Gasteiger charge is -2.75. The summed E-state index contributed by atoms with van der Waals surface area (Å²) < 4.78 is 11.8. The Morgan fingerprint density at radius 1 is 0.696 bits per heavy atom. The molecule has 0 aromatic rings. The van der Waals surface area contributed by atoms with Gasteiger partial charge in [0, 0.05) is 38.9 Å². The van der Waals surface area contributed by atoms with Crippen molar-refractivity contribution in [3.63, 3.8) is 0 Å². The summed E-state index contributed by atoms with van der Waals surface area (Å²) in [6, 6.07) is 0.00727. The van der Waals surface area contributed by atoms with E-state index in [2.05, 4.69) is 66.0 Å². The highest BCUT2D eigenvalue weighted by atomic mass is 16.6. The highest BCUT2D eigenvalue weighted by Crippen LogP contribution is 2.78. The third-order valence-electron chi connectivity index (χ3n) is 18.5. The summed E-state index contributed by atoms with van der Waals surface area (Å²) in [4.78, 5) is 51.5. The first kappa shape index (κ1) is 43.3. The summed E-state index contributed by atoms with van der Waals surface area (Å²) in [5, 5.41) is 5.53. The molecule has 0 aromatic heterocycles. The van der Waals surface area contributed by atoms with E-state index < -0.39 is 5.97 Å². The molecule has 9 heteroatoms. The number of ether oxygens (including phenoxy) is 2. The Kier molecular flexibility index (Phi) is 12.4. The average molecular weight is 782 g/mol. The van der Waals surface area contributed by atoms with E-state index >= 15 is 0 Å². The first-order valence-corrected chi connectivity index (χ1v) is 22.9. The van der Waals surface area contributed by atoms with Gasteiger partial charge in [-0.15, -0.1) is 0 Å². The zero-order valence-electron chi connectivity index (χ0n) is 37.1. The number of unbranched alkanes of at least 4 members (excludes halogenated alkanes) is 2. The summed E-state index contributed by atoms with van der Waals surface area (Å²) in [5.41, 5.74) is 2.24. The van der Waals surface area contributed by atoms with Crippen molar-refractivity contribution in [1.82, 2.24) is 15.5 Å². The Bertz CT molecular complexity index is 1480. The van der Waals surface area contributed by atoms with Crippen LogP contribution in [-0.2, 0) is 23.9 Å². The number of likely N-dealkylation sites (tertiary alicyclic amines) is 1. The van der Waals surface area contributed by atoms with Crippen molar-refractivity contribution in [2.75, 3.05) is 20.1 Å². The van der Waals surface area contributed by atoms with Gasteiger partial charge in [-0.05, 0) is 147 Å². The van der Waals surface area contributed by atoms with Gasteiger partial charge >= 0.3 is 12.1 Å². The maximum absolute atomic E-state index is 13.1. The molecule has 12 atom stereocenters. The second-order valence-corrected chi connectivity index (χ2v) is 22.0. The number of rotatable bonds is 11. The molecule has 0 radical (unpaired) electrons. The summed E-state index contributed by atoms with van der Waals surface area (Å²) in [5.74, 6) is 2.04. The van der Waals surface area contributed by atoms with Crippen LogP contribution < -0.4 is 10.6 Å². The fourth-order valence-electron chi connectivity index (χ4n) is 14.6. The molecule has 9 nitrogen and oxygen atoms in total. The van der Waals surface area contributed by atoms with Crippen molar-refractivity contribution in [3.05, 3.63) is 0 Å². The second kappa shape index (κ2) is 16.0. The van der Waals surface area contributed by atoms with E-state index in [4.69, 9.17) is 9.47 Å². The minimum absolute atomic E-state index is 0.00727. The standard InChI is InChI=1S/C47H79N3O6/c1-31-28-33(55-40(53)18-17-38(51)48-10)30-50(31)39(52)14-12-11-13-27-49-41(54)56-34-15-16-35-44(6,32(34)2)20-19-36-45(35,7)24-26-47(9)37-29-42(3,4)21-22-43(37,5)23-25-46(36,47)8/h31-37H,11-30H2,1-10H3,(H,48,51)(H,49,54)/t31-,32+,33-,34+,35-,36+,37-,43-,44-,45+,46-,47+/m1/s1. The van der Waals surface area contributed by atoms with Gasteiger partial charge in [-0.2, -0.15) is 0 Å². The van der Waals surface area contributed by atoms with Crippen LogP contribution >= 0.6 is 0 Å². The Morgan fingerprint density at radius 2 is 1.39 bits per heavy atom. The van der Waals surface area contributed by atoms with Crippen molar-refractivity contribution < 1.29 is 28.7 Å². The smallest absolute Gasteiger partial charge is 0.407 e. The van der Waals surface area contributed by atoms with Crippen LogP contribution in [0.4, 0.5) is 4.79 Å². The van der Waals surface area contributed by atoms with Crippen LogP contribution in [0.2, 0.25) is 0 Å². The topological polar surface area (TPSA) is 114 Å². The van der Waals surface area contributed by atoms with Crippen molar-refractivity contribution in [3.8, 4) is 0 Å². The lowest BCUT2D eigenvalue weighted by atomic mass is 9.30. The third kappa shape index (κ3) is 7.89. The maximum atomic E-state index is 13.1. The molecule has 1 heterocycles. The number of nitrogens with zero attached hydrogens (tertiary/aromatic N) is 1. The van der Waals surface area contributed by atoms with Crippen LogP contribution in [0.1, 0.15) is 178 Å². The number of amides is 3. The van der Waals surface area contributed by atoms with Crippen molar-refractivity contribution in [1.29, 1.82) is 0 Å². The first-order valence-electron chi connectivity index (χ1n) is 22.9. The lowest BCUT2D eigenvalue weighted by molar-refractivity contribution is -0.263. The van der Waals surface area contributed by atoms with E-state index in [1.165, 1.54) is 57.8 Å². The van der Waals surface area contributed by atoms with E-state index in [-0.39, 0.29) is 54.4 Å². The molecular weight excluding hydrogens is 703 g/mol. The zero-order chi connectivity index (χ0) is 40.9. The van der Waals surface area contributed by atoms with Gasteiger partial charge < -0.3 is 25.0 Å². The third-order valence-corrected chi connectivity index (χ3v) is 18.5. The molecule has 6 rings (SSSR count). The van der Waals surface area contributed by atoms with E-state index in [1.54, 1.807) is 7.05 Å².